The van der Waals surface area contributed by atoms with Crippen molar-refractivity contribution in [2.75, 3.05) is 0 Å². The van der Waals surface area contributed by atoms with Crippen molar-refractivity contribution < 1.29 is 0 Å². The first kappa shape index (κ1) is 24.5. The van der Waals surface area contributed by atoms with Gasteiger partial charge in [-0.2, -0.15) is 5.10 Å². The van der Waals surface area contributed by atoms with Gasteiger partial charge in [-0.05, 0) is 48.9 Å². The van der Waals surface area contributed by atoms with Gasteiger partial charge in [0.2, 0.25) is 4.80 Å². The molecule has 8 heteroatoms. The fourth-order valence-electron chi connectivity index (χ4n) is 4.69. The van der Waals surface area contributed by atoms with Crippen LogP contribution in [0, 0.1) is 6.92 Å². The fourth-order valence-corrected chi connectivity index (χ4v) is 5.51. The molecule has 39 heavy (non-hydrogen) atoms. The molecule has 7 nitrogen and oxygen atoms in total. The Morgan fingerprint density at radius 3 is 2.41 bits per heavy atom. The average Bonchev–Trinajstić information content (AvgIpc) is 3.46. The third-order valence-corrected chi connectivity index (χ3v) is 7.65. The number of pyridine rings is 1. The van der Waals surface area contributed by atoms with Crippen molar-refractivity contribution in [1.82, 2.24) is 19.0 Å². The van der Waals surface area contributed by atoms with Crippen molar-refractivity contribution in [1.29, 1.82) is 0 Å². The van der Waals surface area contributed by atoms with Crippen LogP contribution in [0.3, 0.4) is 0 Å². The largest absolute Gasteiger partial charge is 0.297 e. The Labute approximate surface area is 229 Å². The number of aromatic nitrogens is 4. The van der Waals surface area contributed by atoms with E-state index in [1.165, 1.54) is 11.3 Å². The maximum Gasteiger partial charge on any atom is 0.297 e. The second-order valence-electron chi connectivity index (χ2n) is 9.19. The first-order valence-electron chi connectivity index (χ1n) is 12.6. The third kappa shape index (κ3) is 4.45. The predicted octanol–water partition coefficient (Wildman–Crippen LogP) is 6.07. The van der Waals surface area contributed by atoms with Gasteiger partial charge in [-0.1, -0.05) is 60.7 Å². The summed E-state index contributed by atoms with van der Waals surface area (Å²) in [6.07, 6.45) is 3.51. The van der Waals surface area contributed by atoms with Gasteiger partial charge in [0.25, 0.3) is 5.56 Å². The number of rotatable bonds is 5. The topological polar surface area (TPSA) is 69.5 Å². The number of nitrogens with zero attached hydrogens (tertiary/aromatic N) is 6. The SMILES string of the molecule is CC(=Nn1c(-c2cccc3ccccc23)csc1=Nc1c(C)n(C)n(-c2ccccc2)c1=O)c1ccncc1. The Kier molecular flexibility index (Phi) is 6.38. The highest BCUT2D eigenvalue weighted by atomic mass is 32.1. The van der Waals surface area contributed by atoms with Crippen LogP contribution in [0.25, 0.3) is 27.7 Å². The van der Waals surface area contributed by atoms with E-state index in [4.69, 9.17) is 10.1 Å². The molecule has 0 unspecified atom stereocenters. The molecular weight excluding hydrogens is 504 g/mol. The van der Waals surface area contributed by atoms with Crippen LogP contribution in [0.2, 0.25) is 0 Å². The van der Waals surface area contributed by atoms with Crippen molar-refractivity contribution in [3.63, 3.8) is 0 Å². The molecule has 0 saturated heterocycles. The Hall–Kier alpha value is -4.82. The van der Waals surface area contributed by atoms with Crippen molar-refractivity contribution >= 4 is 33.5 Å². The van der Waals surface area contributed by atoms with Crippen molar-refractivity contribution in [3.05, 3.63) is 129 Å². The van der Waals surface area contributed by atoms with Gasteiger partial charge in [-0.15, -0.1) is 11.3 Å². The number of benzene rings is 3. The minimum atomic E-state index is -0.178. The van der Waals surface area contributed by atoms with Crippen molar-refractivity contribution in [3.8, 4) is 16.9 Å². The minimum Gasteiger partial charge on any atom is -0.283 e. The second-order valence-corrected chi connectivity index (χ2v) is 10.0. The standard InChI is InChI=1S/C31H26N6OS/c1-21(23-16-18-32-19-17-23)34-36-28(27-15-9-11-24-10-7-8-14-26(24)27)20-39-31(36)33-29-22(2)35(3)37(30(29)38)25-12-5-4-6-13-25/h4-20H,1-3H3. The number of para-hydroxylation sites is 1. The van der Waals surface area contributed by atoms with Crippen LogP contribution < -0.4 is 10.4 Å². The lowest BCUT2D eigenvalue weighted by Gasteiger charge is -2.09. The summed E-state index contributed by atoms with van der Waals surface area (Å²) in [4.78, 5) is 23.3. The molecule has 3 aromatic carbocycles. The molecule has 0 aliphatic heterocycles. The third-order valence-electron chi connectivity index (χ3n) is 6.83. The first-order chi connectivity index (χ1) is 19.0. The summed E-state index contributed by atoms with van der Waals surface area (Å²) in [6.45, 7) is 3.88. The molecular formula is C31H26N6OS. The van der Waals surface area contributed by atoms with Crippen LogP contribution in [0.5, 0.6) is 0 Å². The minimum absolute atomic E-state index is 0.178. The Balaban J connectivity index is 1.61. The Morgan fingerprint density at radius 2 is 1.62 bits per heavy atom. The lowest BCUT2D eigenvalue weighted by molar-refractivity contribution is 0.630. The predicted molar refractivity (Wildman–Crippen MR) is 158 cm³/mol. The van der Waals surface area contributed by atoms with E-state index in [-0.39, 0.29) is 5.56 Å². The molecule has 0 aliphatic rings. The highest BCUT2D eigenvalue weighted by Gasteiger charge is 2.17. The van der Waals surface area contributed by atoms with Crippen molar-refractivity contribution in [2.24, 2.45) is 17.1 Å². The quantitative estimate of drug-likeness (QED) is 0.254. The van der Waals surface area contributed by atoms with Gasteiger partial charge in [-0.3, -0.25) is 14.5 Å². The van der Waals surface area contributed by atoms with Gasteiger partial charge in [-0.25, -0.2) is 14.4 Å². The molecule has 192 valence electrons. The molecule has 0 bridgehead atoms. The number of hydrogen-bond donors (Lipinski definition) is 0. The first-order valence-corrected chi connectivity index (χ1v) is 13.4. The highest BCUT2D eigenvalue weighted by molar-refractivity contribution is 7.07. The molecule has 3 heterocycles. The average molecular weight is 531 g/mol. The zero-order chi connectivity index (χ0) is 26.9. The summed E-state index contributed by atoms with van der Waals surface area (Å²) >= 11 is 1.46. The van der Waals surface area contributed by atoms with Gasteiger partial charge < -0.3 is 0 Å². The lowest BCUT2D eigenvalue weighted by atomic mass is 10.0. The molecule has 0 spiro atoms. The number of hydrogen-bond acceptors (Lipinski definition) is 5. The molecule has 0 N–H and O–H groups in total. The van der Waals surface area contributed by atoms with E-state index in [1.54, 1.807) is 17.1 Å². The lowest BCUT2D eigenvalue weighted by Crippen LogP contribution is -2.20. The number of fused-ring (bicyclic) bond motifs is 1. The van der Waals surface area contributed by atoms with E-state index in [1.807, 2.05) is 84.9 Å². The summed E-state index contributed by atoms with van der Waals surface area (Å²) in [5.41, 5.74) is 5.48. The van der Waals surface area contributed by atoms with E-state index in [0.29, 0.717) is 10.5 Å². The normalized spacial score (nSPS) is 12.4. The fraction of sp³-hybridized carbons (Fsp3) is 0.0968. The van der Waals surface area contributed by atoms with Crippen LogP contribution in [-0.2, 0) is 7.05 Å². The Bertz CT molecular complexity index is 1950. The molecule has 6 rings (SSSR count). The number of thiazole rings is 1. The zero-order valence-electron chi connectivity index (χ0n) is 21.8. The van der Waals surface area contributed by atoms with Crippen LogP contribution in [-0.4, -0.2) is 24.7 Å². The Morgan fingerprint density at radius 1 is 0.897 bits per heavy atom. The molecule has 6 aromatic rings. The maximum atomic E-state index is 13.6. The molecule has 0 radical (unpaired) electrons. The second kappa shape index (κ2) is 10.2. The smallest absolute Gasteiger partial charge is 0.283 e. The van der Waals surface area contributed by atoms with E-state index in [9.17, 15) is 4.79 Å². The summed E-state index contributed by atoms with van der Waals surface area (Å²) in [7, 11) is 1.87. The molecule has 0 aliphatic carbocycles. The van der Waals surface area contributed by atoms with Gasteiger partial charge >= 0.3 is 0 Å². The molecule has 3 aromatic heterocycles. The maximum absolute atomic E-state index is 13.6. The van der Waals surface area contributed by atoms with E-state index in [0.717, 1.165) is 44.7 Å². The van der Waals surface area contributed by atoms with Crippen LogP contribution in [0.15, 0.2) is 118 Å². The zero-order valence-corrected chi connectivity index (χ0v) is 22.6. The van der Waals surface area contributed by atoms with Crippen molar-refractivity contribution in [2.45, 2.75) is 13.8 Å². The molecule has 0 amide bonds. The van der Waals surface area contributed by atoms with Crippen LogP contribution in [0.1, 0.15) is 18.2 Å². The van der Waals surface area contributed by atoms with Gasteiger partial charge in [0, 0.05) is 35.9 Å². The van der Waals surface area contributed by atoms with E-state index < -0.39 is 0 Å². The van der Waals surface area contributed by atoms with E-state index in [2.05, 4.69) is 40.7 Å². The highest BCUT2D eigenvalue weighted by Crippen LogP contribution is 2.29. The summed E-state index contributed by atoms with van der Waals surface area (Å²) in [6, 6.07) is 28.0. The monoisotopic (exact) mass is 530 g/mol. The van der Waals surface area contributed by atoms with Gasteiger partial charge in [0.15, 0.2) is 5.69 Å². The summed E-state index contributed by atoms with van der Waals surface area (Å²) in [5.74, 6) is 0. The van der Waals surface area contributed by atoms with E-state index >= 15 is 0 Å². The summed E-state index contributed by atoms with van der Waals surface area (Å²) < 4.78 is 5.33. The van der Waals surface area contributed by atoms with Crippen LogP contribution >= 0.6 is 11.3 Å². The molecule has 0 saturated carbocycles. The molecule has 0 fully saturated rings. The van der Waals surface area contributed by atoms with Gasteiger partial charge in [0.1, 0.15) is 0 Å². The summed E-state index contributed by atoms with van der Waals surface area (Å²) in [5, 5.41) is 9.34. The van der Waals surface area contributed by atoms with Gasteiger partial charge in [0.05, 0.1) is 22.8 Å². The van der Waals surface area contributed by atoms with Crippen LogP contribution in [0.4, 0.5) is 5.69 Å². The molecule has 0 atom stereocenters.